The number of hydrogen-bond donors (Lipinski definition) is 2. The number of benzene rings is 2. The fraction of sp³-hybridized carbons (Fsp3) is 0.514. The number of nitrogens with one attached hydrogen (secondary N) is 1. The van der Waals surface area contributed by atoms with Gasteiger partial charge in [0.15, 0.2) is 0 Å². The molecule has 0 spiro atoms. The van der Waals surface area contributed by atoms with Crippen molar-refractivity contribution in [3.05, 3.63) is 64.9 Å². The molecule has 1 saturated heterocycles. The summed E-state index contributed by atoms with van der Waals surface area (Å²) in [5.74, 6) is -5.30. The Morgan fingerprint density at radius 2 is 1.60 bits per heavy atom. The van der Waals surface area contributed by atoms with Gasteiger partial charge >= 0.3 is 6.36 Å². The molecule has 2 aromatic carbocycles. The Labute approximate surface area is 294 Å². The number of rotatable bonds is 13. The molecule has 0 aliphatic carbocycles. The van der Waals surface area contributed by atoms with Crippen molar-refractivity contribution in [1.29, 1.82) is 0 Å². The first kappa shape index (κ1) is 40.5. The number of amides is 3. The molecule has 1 aliphatic rings. The van der Waals surface area contributed by atoms with E-state index in [-0.39, 0.29) is 85.3 Å². The summed E-state index contributed by atoms with van der Waals surface area (Å²) >= 11 is 0. The number of nitrogens with two attached hydrogens (primary N) is 1. The molecule has 1 fully saturated rings. The van der Waals surface area contributed by atoms with Crippen LogP contribution in [-0.2, 0) is 27.4 Å². The summed E-state index contributed by atoms with van der Waals surface area (Å²) in [6.07, 6.45) is -3.07. The van der Waals surface area contributed by atoms with Crippen LogP contribution in [0.1, 0.15) is 67.9 Å². The first-order valence-electron chi connectivity index (χ1n) is 16.2. The van der Waals surface area contributed by atoms with Gasteiger partial charge in [-0.1, -0.05) is 39.8 Å². The van der Waals surface area contributed by atoms with Crippen LogP contribution < -0.4 is 15.8 Å². The van der Waals surface area contributed by atoms with Gasteiger partial charge in [-0.25, -0.2) is 8.78 Å². The predicted octanol–water partition coefficient (Wildman–Crippen LogP) is 6.55. The fourth-order valence-corrected chi connectivity index (χ4v) is 6.80. The van der Waals surface area contributed by atoms with E-state index in [2.05, 4.69) is 10.1 Å². The Kier molecular flexibility index (Phi) is 13.7. The summed E-state index contributed by atoms with van der Waals surface area (Å²) in [5.41, 5.74) is 6.33. The number of primary amides is 1. The van der Waals surface area contributed by atoms with Crippen LogP contribution in [0.15, 0.2) is 36.5 Å². The smallest absolute Gasteiger partial charge is 0.405 e. The van der Waals surface area contributed by atoms with Gasteiger partial charge in [0.2, 0.25) is 11.8 Å². The van der Waals surface area contributed by atoms with Crippen LogP contribution in [0.2, 0.25) is 0 Å². The van der Waals surface area contributed by atoms with E-state index in [4.69, 9.17) is 10.5 Å². The van der Waals surface area contributed by atoms with Crippen LogP contribution in [0.3, 0.4) is 0 Å². The van der Waals surface area contributed by atoms with Crippen LogP contribution in [-0.4, -0.2) is 60.4 Å². The lowest BCUT2D eigenvalue weighted by molar-refractivity contribution is -0.274. The maximum atomic E-state index is 15.1. The maximum Gasteiger partial charge on any atom is 0.573 e. The van der Waals surface area contributed by atoms with Crippen molar-refractivity contribution in [2.24, 2.45) is 29.4 Å². The molecular weight excluding hydrogens is 687 g/mol. The molecule has 1 aromatic heterocycles. The SMILES string of the molecule is COCCn1cc(C(=O)N2CCC(c3cc(CNC(=O)[C@@H](C(C)C)C(C(N)=O)C(C)C)ccc3F)CC2)c2c(OC(F)(F)F)ccc(F)c21.Cl. The Balaban J connectivity index is 0.00000676. The number of carbonyl (C=O) groups excluding carboxylic acids is 3. The zero-order chi connectivity index (χ0) is 36.2. The number of hydrogen-bond acceptors (Lipinski definition) is 5. The lowest BCUT2D eigenvalue weighted by Gasteiger charge is -2.32. The highest BCUT2D eigenvalue weighted by Crippen LogP contribution is 2.38. The lowest BCUT2D eigenvalue weighted by atomic mass is 9.76. The summed E-state index contributed by atoms with van der Waals surface area (Å²) in [6, 6.07) is 6.25. The third-order valence-electron chi connectivity index (χ3n) is 9.13. The quantitative estimate of drug-likeness (QED) is 0.194. The van der Waals surface area contributed by atoms with E-state index in [1.807, 2.05) is 27.7 Å². The van der Waals surface area contributed by atoms with Crippen molar-refractivity contribution in [2.75, 3.05) is 26.8 Å². The summed E-state index contributed by atoms with van der Waals surface area (Å²) in [7, 11) is 1.42. The van der Waals surface area contributed by atoms with Crippen molar-refractivity contribution in [1.82, 2.24) is 14.8 Å². The van der Waals surface area contributed by atoms with Crippen LogP contribution in [0.5, 0.6) is 5.75 Å². The molecule has 9 nitrogen and oxygen atoms in total. The Morgan fingerprint density at radius 3 is 2.16 bits per heavy atom. The van der Waals surface area contributed by atoms with Gasteiger partial charge < -0.3 is 30.0 Å². The van der Waals surface area contributed by atoms with E-state index in [9.17, 15) is 31.9 Å². The molecular formula is C35H44ClF5N4O5. The summed E-state index contributed by atoms with van der Waals surface area (Å²) in [4.78, 5) is 40.6. The molecule has 0 saturated carbocycles. The first-order chi connectivity index (χ1) is 23.0. The molecule has 1 aliphatic heterocycles. The van der Waals surface area contributed by atoms with Crippen LogP contribution in [0.25, 0.3) is 10.9 Å². The zero-order valence-corrected chi connectivity index (χ0v) is 29.4. The highest BCUT2D eigenvalue weighted by Gasteiger charge is 2.37. The number of likely N-dealkylation sites (tertiary alicyclic amines) is 1. The molecule has 0 radical (unpaired) electrons. The number of alkyl halides is 3. The number of ether oxygens (including phenoxy) is 2. The number of nitrogens with zero attached hydrogens (tertiary/aromatic N) is 2. The minimum atomic E-state index is -5.07. The number of halogens is 6. The maximum absolute atomic E-state index is 15.1. The Hall–Kier alpha value is -3.91. The molecule has 3 aromatic rings. The average Bonchev–Trinajstić information content (AvgIpc) is 3.42. The van der Waals surface area contributed by atoms with Gasteiger partial charge in [-0.15, -0.1) is 25.6 Å². The number of fused-ring (bicyclic) bond motifs is 1. The van der Waals surface area contributed by atoms with E-state index in [1.54, 1.807) is 12.1 Å². The third-order valence-corrected chi connectivity index (χ3v) is 9.13. The second-order valence-electron chi connectivity index (χ2n) is 13.1. The van der Waals surface area contributed by atoms with Gasteiger partial charge in [0.1, 0.15) is 17.4 Å². The summed E-state index contributed by atoms with van der Waals surface area (Å²) in [6.45, 7) is 8.00. The lowest BCUT2D eigenvalue weighted by Crippen LogP contribution is -2.44. The van der Waals surface area contributed by atoms with E-state index in [0.29, 0.717) is 24.0 Å². The van der Waals surface area contributed by atoms with Crippen LogP contribution in [0.4, 0.5) is 22.0 Å². The number of aromatic nitrogens is 1. The molecule has 15 heteroatoms. The fourth-order valence-electron chi connectivity index (χ4n) is 6.80. The Bertz CT molecular complexity index is 1670. The van der Waals surface area contributed by atoms with Crippen molar-refractivity contribution in [2.45, 2.75) is 65.9 Å². The molecule has 4 rings (SSSR count). The highest BCUT2D eigenvalue weighted by atomic mass is 35.5. The van der Waals surface area contributed by atoms with E-state index >= 15 is 4.39 Å². The molecule has 276 valence electrons. The monoisotopic (exact) mass is 730 g/mol. The number of carbonyl (C=O) groups is 3. The largest absolute Gasteiger partial charge is 0.573 e. The van der Waals surface area contributed by atoms with Gasteiger partial charge in [-0.3, -0.25) is 14.4 Å². The molecule has 1 unspecified atom stereocenters. The topological polar surface area (TPSA) is 116 Å². The van der Waals surface area contributed by atoms with Crippen molar-refractivity contribution in [3.63, 3.8) is 0 Å². The average molecular weight is 731 g/mol. The van der Waals surface area contributed by atoms with Gasteiger partial charge in [0.05, 0.1) is 34.9 Å². The first-order valence-corrected chi connectivity index (χ1v) is 16.2. The predicted molar refractivity (Wildman–Crippen MR) is 180 cm³/mol. The third kappa shape index (κ3) is 9.25. The van der Waals surface area contributed by atoms with Gasteiger partial charge in [-0.2, -0.15) is 0 Å². The molecule has 3 amide bonds. The molecule has 2 heterocycles. The summed E-state index contributed by atoms with van der Waals surface area (Å²) in [5, 5.41) is 2.58. The minimum Gasteiger partial charge on any atom is -0.405 e. The Morgan fingerprint density at radius 1 is 0.980 bits per heavy atom. The minimum absolute atomic E-state index is 0. The molecule has 3 N–H and O–H groups in total. The van der Waals surface area contributed by atoms with Gasteiger partial charge in [-0.05, 0) is 59.9 Å². The van der Waals surface area contributed by atoms with E-state index < -0.39 is 47.4 Å². The van der Waals surface area contributed by atoms with Crippen LogP contribution in [0, 0.1) is 35.3 Å². The zero-order valence-electron chi connectivity index (χ0n) is 28.6. The highest BCUT2D eigenvalue weighted by molar-refractivity contribution is 6.09. The second-order valence-corrected chi connectivity index (χ2v) is 13.1. The van der Waals surface area contributed by atoms with Crippen molar-refractivity contribution < 1.29 is 45.8 Å². The molecule has 50 heavy (non-hydrogen) atoms. The molecule has 0 bridgehead atoms. The van der Waals surface area contributed by atoms with E-state index in [0.717, 1.165) is 12.1 Å². The van der Waals surface area contributed by atoms with E-state index in [1.165, 1.54) is 28.8 Å². The normalized spacial score (nSPS) is 15.2. The second kappa shape index (κ2) is 16.9. The van der Waals surface area contributed by atoms with Crippen molar-refractivity contribution >= 4 is 41.0 Å². The number of methoxy groups -OCH3 is 1. The van der Waals surface area contributed by atoms with Crippen LogP contribution >= 0.6 is 12.4 Å². The summed E-state index contributed by atoms with van der Waals surface area (Å²) < 4.78 is 80.5. The van der Waals surface area contributed by atoms with Gasteiger partial charge in [0.25, 0.3) is 5.91 Å². The molecule has 2 atom stereocenters. The standard InChI is InChI=1S/C35H43F5N4O5.ClH/c1-19(2)28(32(41)45)29(20(3)4)33(46)42-17-21-6-7-25(36)23(16-21)22-10-12-43(13-11-22)34(47)24-18-44(14-15-48-5)31-26(37)8-9-27(30(24)31)49-35(38,39)40;/h6-9,16,18-20,22,28-29H,10-15,17H2,1-5H3,(H2,41,45)(H,42,46);1H/t28?,29-;/m0./s1. The van der Waals surface area contributed by atoms with Gasteiger partial charge in [0, 0.05) is 39.5 Å². The number of piperidine rings is 1. The van der Waals surface area contributed by atoms with Crippen molar-refractivity contribution in [3.8, 4) is 5.75 Å².